The van der Waals surface area contributed by atoms with E-state index in [1.165, 1.54) is 39.2 Å². The predicted molar refractivity (Wildman–Crippen MR) is 106 cm³/mol. The Kier molecular flexibility index (Phi) is 13.5. The SMILES string of the molecule is CN=C(NCCCCC(=O)OC)NCCC1CCCC(C)C1.I. The molecule has 0 aromatic carbocycles. The van der Waals surface area contributed by atoms with Crippen molar-refractivity contribution in [2.75, 3.05) is 27.2 Å². The monoisotopic (exact) mass is 439 g/mol. The fourth-order valence-electron chi connectivity index (χ4n) is 3.14. The first-order valence-corrected chi connectivity index (χ1v) is 8.67. The van der Waals surface area contributed by atoms with Gasteiger partial charge in [0.05, 0.1) is 7.11 Å². The Morgan fingerprint density at radius 1 is 1.22 bits per heavy atom. The quantitative estimate of drug-likeness (QED) is 0.200. The van der Waals surface area contributed by atoms with Gasteiger partial charge < -0.3 is 15.4 Å². The summed E-state index contributed by atoms with van der Waals surface area (Å²) < 4.78 is 4.62. The van der Waals surface area contributed by atoms with E-state index in [2.05, 4.69) is 27.3 Å². The highest BCUT2D eigenvalue weighted by molar-refractivity contribution is 14.0. The molecule has 136 valence electrons. The van der Waals surface area contributed by atoms with E-state index in [4.69, 9.17) is 0 Å². The minimum atomic E-state index is -0.135. The number of aliphatic imine (C=N–C) groups is 1. The Labute approximate surface area is 158 Å². The van der Waals surface area contributed by atoms with E-state index in [1.54, 1.807) is 7.05 Å². The lowest BCUT2D eigenvalue weighted by atomic mass is 9.81. The summed E-state index contributed by atoms with van der Waals surface area (Å²) in [6.45, 7) is 4.19. The number of ether oxygens (including phenoxy) is 1. The molecule has 2 atom stereocenters. The maximum atomic E-state index is 11.0. The Hall–Kier alpha value is -0.530. The highest BCUT2D eigenvalue weighted by atomic mass is 127. The fraction of sp³-hybridized carbons (Fsp3) is 0.882. The molecule has 1 aliphatic rings. The zero-order valence-corrected chi connectivity index (χ0v) is 17.2. The Morgan fingerprint density at radius 3 is 2.61 bits per heavy atom. The third kappa shape index (κ3) is 10.8. The lowest BCUT2D eigenvalue weighted by Gasteiger charge is -2.26. The molecule has 2 N–H and O–H groups in total. The molecule has 6 heteroatoms. The fourth-order valence-corrected chi connectivity index (χ4v) is 3.14. The molecule has 1 saturated carbocycles. The molecule has 1 fully saturated rings. The first-order valence-electron chi connectivity index (χ1n) is 8.67. The molecule has 0 amide bonds. The lowest BCUT2D eigenvalue weighted by Crippen LogP contribution is -2.38. The maximum absolute atomic E-state index is 11.0. The molecular weight excluding hydrogens is 405 g/mol. The number of unbranched alkanes of at least 4 members (excludes halogenated alkanes) is 1. The number of methoxy groups -OCH3 is 1. The smallest absolute Gasteiger partial charge is 0.305 e. The minimum Gasteiger partial charge on any atom is -0.469 e. The molecule has 0 aliphatic heterocycles. The van der Waals surface area contributed by atoms with Gasteiger partial charge in [0.2, 0.25) is 0 Å². The van der Waals surface area contributed by atoms with Crippen molar-refractivity contribution in [3.63, 3.8) is 0 Å². The van der Waals surface area contributed by atoms with Gasteiger partial charge in [-0.05, 0) is 37.5 Å². The number of carbonyl (C=O) groups excluding carboxylic acids is 1. The zero-order valence-electron chi connectivity index (χ0n) is 14.9. The van der Waals surface area contributed by atoms with Crippen molar-refractivity contribution in [2.45, 2.75) is 58.3 Å². The summed E-state index contributed by atoms with van der Waals surface area (Å²) in [4.78, 5) is 15.2. The van der Waals surface area contributed by atoms with Crippen LogP contribution in [0.5, 0.6) is 0 Å². The van der Waals surface area contributed by atoms with Gasteiger partial charge in [-0.25, -0.2) is 0 Å². The van der Waals surface area contributed by atoms with E-state index in [-0.39, 0.29) is 29.9 Å². The van der Waals surface area contributed by atoms with E-state index in [9.17, 15) is 4.79 Å². The van der Waals surface area contributed by atoms with Crippen LogP contribution < -0.4 is 10.6 Å². The standard InChI is InChI=1S/C17H33N3O2.HI/c1-14-7-6-8-15(13-14)10-12-20-17(18-2)19-11-5-4-9-16(21)22-3;/h14-15H,4-13H2,1-3H3,(H2,18,19,20);1H. The van der Waals surface area contributed by atoms with Gasteiger partial charge in [0.1, 0.15) is 0 Å². The second-order valence-electron chi connectivity index (χ2n) is 6.39. The molecule has 0 saturated heterocycles. The summed E-state index contributed by atoms with van der Waals surface area (Å²) in [7, 11) is 3.23. The van der Waals surface area contributed by atoms with Gasteiger partial charge >= 0.3 is 5.97 Å². The van der Waals surface area contributed by atoms with Crippen LogP contribution in [0, 0.1) is 11.8 Å². The third-order valence-electron chi connectivity index (χ3n) is 4.44. The zero-order chi connectivity index (χ0) is 16.2. The molecular formula is C17H34IN3O2. The second kappa shape index (κ2) is 13.9. The molecule has 0 bridgehead atoms. The van der Waals surface area contributed by atoms with Crippen molar-refractivity contribution >= 4 is 35.9 Å². The highest BCUT2D eigenvalue weighted by Gasteiger charge is 2.18. The van der Waals surface area contributed by atoms with E-state index in [0.717, 1.165) is 43.7 Å². The van der Waals surface area contributed by atoms with Gasteiger partial charge in [-0.1, -0.05) is 26.2 Å². The van der Waals surface area contributed by atoms with Crippen molar-refractivity contribution in [3.05, 3.63) is 0 Å². The summed E-state index contributed by atoms with van der Waals surface area (Å²) in [6, 6.07) is 0. The van der Waals surface area contributed by atoms with E-state index >= 15 is 0 Å². The van der Waals surface area contributed by atoms with Crippen LogP contribution in [0.1, 0.15) is 58.3 Å². The molecule has 5 nitrogen and oxygen atoms in total. The van der Waals surface area contributed by atoms with Gasteiger partial charge in [0, 0.05) is 26.6 Å². The number of hydrogen-bond acceptors (Lipinski definition) is 3. The normalized spacial score (nSPS) is 21.3. The second-order valence-corrected chi connectivity index (χ2v) is 6.39. The lowest BCUT2D eigenvalue weighted by molar-refractivity contribution is -0.140. The average molecular weight is 439 g/mol. The molecule has 0 heterocycles. The molecule has 1 aliphatic carbocycles. The van der Waals surface area contributed by atoms with Crippen LogP contribution in [-0.2, 0) is 9.53 Å². The number of hydrogen-bond donors (Lipinski definition) is 2. The number of nitrogens with one attached hydrogen (secondary N) is 2. The molecule has 0 spiro atoms. The van der Waals surface area contributed by atoms with Gasteiger partial charge in [0.15, 0.2) is 5.96 Å². The average Bonchev–Trinajstić information content (AvgIpc) is 2.52. The van der Waals surface area contributed by atoms with Crippen LogP contribution in [-0.4, -0.2) is 39.2 Å². The summed E-state index contributed by atoms with van der Waals surface area (Å²) in [5.41, 5.74) is 0. The Balaban J connectivity index is 0.00000484. The molecule has 1 rings (SSSR count). The molecule has 2 unspecified atom stereocenters. The largest absolute Gasteiger partial charge is 0.469 e. The highest BCUT2D eigenvalue weighted by Crippen LogP contribution is 2.30. The van der Waals surface area contributed by atoms with Gasteiger partial charge in [-0.3, -0.25) is 9.79 Å². The summed E-state index contributed by atoms with van der Waals surface area (Å²) in [5, 5.41) is 6.68. The van der Waals surface area contributed by atoms with Crippen LogP contribution in [0.15, 0.2) is 4.99 Å². The number of halogens is 1. The van der Waals surface area contributed by atoms with Crippen LogP contribution in [0.3, 0.4) is 0 Å². The molecule has 23 heavy (non-hydrogen) atoms. The van der Waals surface area contributed by atoms with Crippen molar-refractivity contribution in [3.8, 4) is 0 Å². The Bertz CT molecular complexity index is 351. The number of nitrogens with zero attached hydrogens (tertiary/aromatic N) is 1. The van der Waals surface area contributed by atoms with Crippen molar-refractivity contribution in [1.29, 1.82) is 0 Å². The minimum absolute atomic E-state index is 0. The van der Waals surface area contributed by atoms with Crippen LogP contribution in [0.4, 0.5) is 0 Å². The molecule has 0 aromatic heterocycles. The van der Waals surface area contributed by atoms with E-state index in [1.807, 2.05) is 0 Å². The van der Waals surface area contributed by atoms with Crippen LogP contribution >= 0.6 is 24.0 Å². The maximum Gasteiger partial charge on any atom is 0.305 e. The predicted octanol–water partition coefficient (Wildman–Crippen LogP) is 3.33. The topological polar surface area (TPSA) is 62.7 Å². The number of rotatable bonds is 8. The summed E-state index contributed by atoms with van der Waals surface area (Å²) in [5.74, 6) is 2.49. The first kappa shape index (κ1) is 22.5. The van der Waals surface area contributed by atoms with Gasteiger partial charge in [0.25, 0.3) is 0 Å². The van der Waals surface area contributed by atoms with Crippen LogP contribution in [0.2, 0.25) is 0 Å². The van der Waals surface area contributed by atoms with Gasteiger partial charge in [-0.15, -0.1) is 24.0 Å². The van der Waals surface area contributed by atoms with Crippen molar-refractivity contribution in [1.82, 2.24) is 10.6 Å². The number of esters is 1. The summed E-state index contributed by atoms with van der Waals surface area (Å²) in [6.07, 6.45) is 9.05. The van der Waals surface area contributed by atoms with Crippen LogP contribution in [0.25, 0.3) is 0 Å². The third-order valence-corrected chi connectivity index (χ3v) is 4.44. The van der Waals surface area contributed by atoms with E-state index < -0.39 is 0 Å². The summed E-state index contributed by atoms with van der Waals surface area (Å²) >= 11 is 0. The molecule has 0 radical (unpaired) electrons. The molecule has 0 aromatic rings. The van der Waals surface area contributed by atoms with Gasteiger partial charge in [-0.2, -0.15) is 0 Å². The Morgan fingerprint density at radius 2 is 1.96 bits per heavy atom. The van der Waals surface area contributed by atoms with Crippen molar-refractivity contribution in [2.24, 2.45) is 16.8 Å². The first-order chi connectivity index (χ1) is 10.7. The van der Waals surface area contributed by atoms with E-state index in [0.29, 0.717) is 6.42 Å². The number of carbonyl (C=O) groups is 1. The number of guanidine groups is 1. The van der Waals surface area contributed by atoms with Crippen molar-refractivity contribution < 1.29 is 9.53 Å².